The van der Waals surface area contributed by atoms with Crippen molar-refractivity contribution in [3.63, 3.8) is 0 Å². The highest BCUT2D eigenvalue weighted by molar-refractivity contribution is 5.12. The van der Waals surface area contributed by atoms with Crippen LogP contribution in [-0.2, 0) is 0 Å². The number of rotatable bonds is 6. The van der Waals surface area contributed by atoms with Gasteiger partial charge >= 0.3 is 0 Å². The molecule has 166 valence electrons. The molecule has 4 aliphatic rings. The van der Waals surface area contributed by atoms with Crippen LogP contribution in [0.1, 0.15) is 112 Å². The van der Waals surface area contributed by atoms with Crippen molar-refractivity contribution in [2.24, 2.45) is 58.2 Å². The van der Waals surface area contributed by atoms with Crippen LogP contribution < -0.4 is 0 Å². The minimum atomic E-state index is 0.619. The van der Waals surface area contributed by atoms with E-state index in [4.69, 9.17) is 0 Å². The minimum absolute atomic E-state index is 0.619. The molecule has 0 saturated heterocycles. The molecule has 3 saturated carbocycles. The highest BCUT2D eigenvalue weighted by Crippen LogP contribution is 2.68. The van der Waals surface area contributed by atoms with Crippen molar-refractivity contribution in [3.8, 4) is 0 Å². The van der Waals surface area contributed by atoms with Crippen molar-refractivity contribution >= 4 is 0 Å². The van der Waals surface area contributed by atoms with Gasteiger partial charge in [0.2, 0.25) is 0 Å². The van der Waals surface area contributed by atoms with Gasteiger partial charge in [-0.25, -0.2) is 0 Å². The Hall–Kier alpha value is -0.260. The molecule has 0 amide bonds. The van der Waals surface area contributed by atoms with Crippen molar-refractivity contribution in [1.82, 2.24) is 0 Å². The molecule has 4 rings (SSSR count). The molecule has 3 fully saturated rings. The lowest BCUT2D eigenvalue weighted by molar-refractivity contribution is -0.101. The van der Waals surface area contributed by atoms with Crippen LogP contribution in [0, 0.1) is 58.2 Å². The first-order chi connectivity index (χ1) is 13.8. The van der Waals surface area contributed by atoms with Crippen molar-refractivity contribution in [2.75, 3.05) is 0 Å². The summed E-state index contributed by atoms with van der Waals surface area (Å²) in [5.74, 6) is 7.79. The topological polar surface area (TPSA) is 0 Å². The van der Waals surface area contributed by atoms with E-state index >= 15 is 0 Å². The molecule has 0 unspecified atom stereocenters. The quantitative estimate of drug-likeness (QED) is 0.392. The Morgan fingerprint density at radius 3 is 2.34 bits per heavy atom. The lowest BCUT2D eigenvalue weighted by Gasteiger charge is -2.60. The van der Waals surface area contributed by atoms with Crippen molar-refractivity contribution < 1.29 is 0 Å². The van der Waals surface area contributed by atoms with Crippen molar-refractivity contribution in [1.29, 1.82) is 0 Å². The predicted molar refractivity (Wildman–Crippen MR) is 127 cm³/mol. The summed E-state index contributed by atoms with van der Waals surface area (Å²) in [4.78, 5) is 0. The lowest BCUT2D eigenvalue weighted by atomic mass is 9.45. The van der Waals surface area contributed by atoms with Gasteiger partial charge in [0, 0.05) is 0 Å². The van der Waals surface area contributed by atoms with Gasteiger partial charge in [-0.1, -0.05) is 66.5 Å². The normalized spacial score (nSPS) is 46.1. The lowest BCUT2D eigenvalue weighted by Crippen LogP contribution is -2.52. The van der Waals surface area contributed by atoms with E-state index in [-0.39, 0.29) is 0 Å². The van der Waals surface area contributed by atoms with Gasteiger partial charge < -0.3 is 0 Å². The minimum Gasteiger partial charge on any atom is -0.0882 e. The average Bonchev–Trinajstić information content (AvgIpc) is 3.05. The van der Waals surface area contributed by atoms with Gasteiger partial charge in [-0.3, -0.25) is 0 Å². The number of fused-ring (bicyclic) bond motifs is 5. The number of hydrogen-bond donors (Lipinski definition) is 0. The monoisotopic (exact) mass is 398 g/mol. The first-order valence-corrected chi connectivity index (χ1v) is 13.5. The second-order valence-corrected chi connectivity index (χ2v) is 12.8. The fourth-order valence-corrected chi connectivity index (χ4v) is 9.50. The van der Waals surface area contributed by atoms with E-state index in [1.807, 2.05) is 0 Å². The third kappa shape index (κ3) is 3.67. The summed E-state index contributed by atoms with van der Waals surface area (Å²) in [6.07, 6.45) is 21.3. The van der Waals surface area contributed by atoms with E-state index < -0.39 is 0 Å². The Balaban J connectivity index is 1.46. The van der Waals surface area contributed by atoms with Crippen LogP contribution in [-0.4, -0.2) is 0 Å². The average molecular weight is 399 g/mol. The summed E-state index contributed by atoms with van der Waals surface area (Å²) in [5.41, 5.74) is 1.27. The maximum Gasteiger partial charge on any atom is -0.0229 e. The molecule has 0 aromatic heterocycles. The van der Waals surface area contributed by atoms with E-state index in [1.165, 1.54) is 57.8 Å². The molecular formula is C29H50. The zero-order chi connectivity index (χ0) is 20.8. The van der Waals surface area contributed by atoms with Gasteiger partial charge in [0.1, 0.15) is 0 Å². The van der Waals surface area contributed by atoms with Crippen molar-refractivity contribution in [2.45, 2.75) is 112 Å². The summed E-state index contributed by atoms with van der Waals surface area (Å²) in [5, 5.41) is 0. The zero-order valence-electron chi connectivity index (χ0n) is 20.6. The number of hydrogen-bond acceptors (Lipinski definition) is 0. The fraction of sp³-hybridized carbons (Fsp3) is 0.931. The third-order valence-corrected chi connectivity index (χ3v) is 11.4. The molecular weight excluding hydrogens is 348 g/mol. The summed E-state index contributed by atoms with van der Waals surface area (Å²) in [7, 11) is 0. The highest BCUT2D eigenvalue weighted by Gasteiger charge is 2.59. The number of allylic oxidation sites excluding steroid dienone is 2. The van der Waals surface area contributed by atoms with Gasteiger partial charge in [0.25, 0.3) is 0 Å². The maximum absolute atomic E-state index is 2.75. The highest BCUT2D eigenvalue weighted by atomic mass is 14.6. The molecule has 0 bridgehead atoms. The molecule has 9 atom stereocenters. The molecule has 0 N–H and O–H groups in total. The molecule has 0 nitrogen and oxygen atoms in total. The second kappa shape index (κ2) is 8.35. The summed E-state index contributed by atoms with van der Waals surface area (Å²) in [6, 6.07) is 0. The van der Waals surface area contributed by atoms with Gasteiger partial charge in [0.15, 0.2) is 0 Å². The van der Waals surface area contributed by atoms with Gasteiger partial charge in [-0.15, -0.1) is 0 Å². The Kier molecular flexibility index (Phi) is 6.32. The SMILES string of the molecule is CC[C@H](CC[C@@H](C)[C@@H]1CC[C@@H]2[C@@H]3CC[C@H]4CC=CC[C@]4(C)[C@H]3CC[C@@]21C)C(C)C. The molecule has 29 heavy (non-hydrogen) atoms. The first kappa shape index (κ1) is 22.0. The van der Waals surface area contributed by atoms with Crippen LogP contribution in [0.2, 0.25) is 0 Å². The van der Waals surface area contributed by atoms with Gasteiger partial charge in [-0.2, -0.15) is 0 Å². The molecule has 0 spiro atoms. The standard InChI is InChI=1S/C29H50/c1-7-22(20(2)3)12-11-21(4)25-15-16-26-24-14-13-23-10-8-9-18-28(23,5)27(24)17-19-29(25,26)6/h8-9,20-27H,7,10-19H2,1-6H3/t21-,22-,23-,24+,25+,26-,27+,28+,29-/m1/s1. The van der Waals surface area contributed by atoms with E-state index in [0.717, 1.165) is 47.3 Å². The largest absolute Gasteiger partial charge is 0.0882 e. The van der Waals surface area contributed by atoms with Crippen LogP contribution in [0.15, 0.2) is 12.2 Å². The van der Waals surface area contributed by atoms with E-state index in [2.05, 4.69) is 53.7 Å². The fourth-order valence-electron chi connectivity index (χ4n) is 9.50. The molecule has 0 radical (unpaired) electrons. The molecule has 0 aromatic rings. The van der Waals surface area contributed by atoms with Gasteiger partial charge in [-0.05, 0) is 116 Å². The maximum atomic E-state index is 2.75. The Bertz CT molecular complexity index is 587. The molecule has 0 aliphatic heterocycles. The van der Waals surface area contributed by atoms with Crippen molar-refractivity contribution in [3.05, 3.63) is 12.2 Å². The summed E-state index contributed by atoms with van der Waals surface area (Å²) < 4.78 is 0. The van der Waals surface area contributed by atoms with Gasteiger partial charge in [0.05, 0.1) is 0 Å². The summed E-state index contributed by atoms with van der Waals surface area (Å²) in [6.45, 7) is 15.3. The molecule has 4 aliphatic carbocycles. The third-order valence-electron chi connectivity index (χ3n) is 11.4. The smallest absolute Gasteiger partial charge is 0.0229 e. The molecule has 0 heterocycles. The zero-order valence-corrected chi connectivity index (χ0v) is 20.6. The van der Waals surface area contributed by atoms with E-state index in [1.54, 1.807) is 12.8 Å². The second-order valence-electron chi connectivity index (χ2n) is 12.8. The summed E-state index contributed by atoms with van der Waals surface area (Å²) >= 11 is 0. The Morgan fingerprint density at radius 1 is 0.862 bits per heavy atom. The predicted octanol–water partition coefficient (Wildman–Crippen LogP) is 8.91. The molecule has 0 aromatic carbocycles. The van der Waals surface area contributed by atoms with E-state index in [9.17, 15) is 0 Å². The van der Waals surface area contributed by atoms with Crippen LogP contribution >= 0.6 is 0 Å². The van der Waals surface area contributed by atoms with E-state index in [0.29, 0.717) is 10.8 Å². The van der Waals surface area contributed by atoms with Crippen LogP contribution in [0.4, 0.5) is 0 Å². The van der Waals surface area contributed by atoms with Crippen LogP contribution in [0.25, 0.3) is 0 Å². The Labute approximate surface area is 182 Å². The Morgan fingerprint density at radius 2 is 1.62 bits per heavy atom. The van der Waals surface area contributed by atoms with Crippen LogP contribution in [0.5, 0.6) is 0 Å². The molecule has 0 heteroatoms. The van der Waals surface area contributed by atoms with Crippen LogP contribution in [0.3, 0.4) is 0 Å². The first-order valence-electron chi connectivity index (χ1n) is 13.5.